The monoisotopic (exact) mass is 290 g/mol. The molecule has 3 rings (SSSR count). The molecule has 0 spiro atoms. The van der Waals surface area contributed by atoms with Crippen LogP contribution < -0.4 is 5.73 Å². The highest BCUT2D eigenvalue weighted by Gasteiger charge is 2.23. The van der Waals surface area contributed by atoms with Gasteiger partial charge in [0.05, 0.1) is 0 Å². The van der Waals surface area contributed by atoms with Gasteiger partial charge in [0.15, 0.2) is 0 Å². The number of esters is 1. The quantitative estimate of drug-likeness (QED) is 0.850. The summed E-state index contributed by atoms with van der Waals surface area (Å²) in [4.78, 5) is 16.7. The van der Waals surface area contributed by atoms with Gasteiger partial charge in [-0.2, -0.15) is 0 Å². The molecule has 0 saturated carbocycles. The van der Waals surface area contributed by atoms with Gasteiger partial charge >= 0.3 is 5.97 Å². The highest BCUT2D eigenvalue weighted by Crippen LogP contribution is 2.36. The van der Waals surface area contributed by atoms with Crippen LogP contribution in [0.3, 0.4) is 0 Å². The van der Waals surface area contributed by atoms with E-state index in [-0.39, 0.29) is 23.7 Å². The van der Waals surface area contributed by atoms with Crippen molar-refractivity contribution in [3.05, 3.63) is 36.2 Å². The normalized spacial score (nSPS) is 16.9. The minimum absolute atomic E-state index is 0.0362. The zero-order valence-electron chi connectivity index (χ0n) is 10.7. The number of carbonyl (C=O) groups excluding carboxylic acids is 1. The Kier molecular flexibility index (Phi) is 3.60. The van der Waals surface area contributed by atoms with E-state index in [0.717, 1.165) is 6.42 Å². The number of hydrogen-bond acceptors (Lipinski definition) is 6. The van der Waals surface area contributed by atoms with Gasteiger partial charge in [-0.3, -0.25) is 4.79 Å². The first-order valence-electron chi connectivity index (χ1n) is 6.26. The van der Waals surface area contributed by atoms with E-state index in [2.05, 4.69) is 22.2 Å². The SMILES string of the molecule is Nc1ncn(CC(=O)OCC2Cc3ccccc3S2)n1. The fourth-order valence-corrected chi connectivity index (χ4v) is 3.31. The summed E-state index contributed by atoms with van der Waals surface area (Å²) in [6.45, 7) is 0.441. The van der Waals surface area contributed by atoms with Crippen molar-refractivity contribution in [1.82, 2.24) is 14.8 Å². The van der Waals surface area contributed by atoms with Crippen molar-refractivity contribution in [2.45, 2.75) is 23.1 Å². The molecule has 1 aliphatic rings. The zero-order chi connectivity index (χ0) is 13.9. The summed E-state index contributed by atoms with van der Waals surface area (Å²) in [6, 6.07) is 8.26. The number of aromatic nitrogens is 3. The second-order valence-corrected chi connectivity index (χ2v) is 5.88. The van der Waals surface area contributed by atoms with Gasteiger partial charge in [0.25, 0.3) is 0 Å². The smallest absolute Gasteiger partial charge is 0.327 e. The van der Waals surface area contributed by atoms with Crippen molar-refractivity contribution >= 4 is 23.7 Å². The first-order chi connectivity index (χ1) is 9.70. The highest BCUT2D eigenvalue weighted by atomic mass is 32.2. The largest absolute Gasteiger partial charge is 0.463 e. The Morgan fingerprint density at radius 1 is 1.50 bits per heavy atom. The van der Waals surface area contributed by atoms with Crippen LogP contribution in [0.1, 0.15) is 5.56 Å². The van der Waals surface area contributed by atoms with E-state index in [1.807, 2.05) is 12.1 Å². The summed E-state index contributed by atoms with van der Waals surface area (Å²) in [6.07, 6.45) is 2.35. The van der Waals surface area contributed by atoms with Crippen molar-refractivity contribution in [3.8, 4) is 0 Å². The molecule has 0 aliphatic carbocycles. The minimum Gasteiger partial charge on any atom is -0.463 e. The van der Waals surface area contributed by atoms with E-state index in [4.69, 9.17) is 10.5 Å². The Bertz CT molecular complexity index is 603. The van der Waals surface area contributed by atoms with Crippen LogP contribution in [0.15, 0.2) is 35.5 Å². The molecular formula is C13H14N4O2S. The number of carbonyl (C=O) groups is 1. The number of nitrogens with zero attached hydrogens (tertiary/aromatic N) is 3. The molecule has 0 radical (unpaired) electrons. The number of rotatable bonds is 4. The van der Waals surface area contributed by atoms with Crippen LogP contribution in [0, 0.1) is 0 Å². The number of benzene rings is 1. The Morgan fingerprint density at radius 3 is 3.10 bits per heavy atom. The summed E-state index contributed by atoms with van der Waals surface area (Å²) >= 11 is 1.76. The van der Waals surface area contributed by atoms with E-state index in [1.165, 1.54) is 21.5 Å². The molecule has 20 heavy (non-hydrogen) atoms. The van der Waals surface area contributed by atoms with Gasteiger partial charge in [0, 0.05) is 10.1 Å². The first-order valence-corrected chi connectivity index (χ1v) is 7.14. The molecule has 2 N–H and O–H groups in total. The van der Waals surface area contributed by atoms with Crippen molar-refractivity contribution in [3.63, 3.8) is 0 Å². The standard InChI is InChI=1S/C13H14N4O2S/c14-13-15-8-17(16-13)6-12(18)19-7-10-5-9-3-1-2-4-11(9)20-10/h1-4,8,10H,5-7H2,(H2,14,16). The van der Waals surface area contributed by atoms with Crippen LogP contribution in [0.4, 0.5) is 5.95 Å². The predicted octanol–water partition coefficient (Wildman–Crippen LogP) is 1.12. The molecule has 1 atom stereocenters. The third-order valence-electron chi connectivity index (χ3n) is 2.99. The lowest BCUT2D eigenvalue weighted by Crippen LogP contribution is -2.19. The molecule has 1 aromatic heterocycles. The lowest BCUT2D eigenvalue weighted by Gasteiger charge is -2.09. The molecular weight excluding hydrogens is 276 g/mol. The van der Waals surface area contributed by atoms with Gasteiger partial charge in [0.2, 0.25) is 5.95 Å². The molecule has 0 bridgehead atoms. The van der Waals surface area contributed by atoms with Crippen molar-refractivity contribution < 1.29 is 9.53 Å². The Morgan fingerprint density at radius 2 is 2.35 bits per heavy atom. The number of hydrogen-bond donors (Lipinski definition) is 1. The summed E-state index contributed by atoms with van der Waals surface area (Å²) in [7, 11) is 0. The molecule has 0 saturated heterocycles. The number of fused-ring (bicyclic) bond motifs is 1. The molecule has 2 aromatic rings. The molecule has 1 aromatic carbocycles. The Hall–Kier alpha value is -2.02. The maximum Gasteiger partial charge on any atom is 0.327 e. The summed E-state index contributed by atoms with van der Waals surface area (Å²) in [5.74, 6) is -0.175. The molecule has 2 heterocycles. The molecule has 1 unspecified atom stereocenters. The maximum atomic E-state index is 11.7. The van der Waals surface area contributed by atoms with Gasteiger partial charge in [-0.15, -0.1) is 16.9 Å². The van der Waals surface area contributed by atoms with E-state index >= 15 is 0 Å². The van der Waals surface area contributed by atoms with Crippen LogP contribution in [0.5, 0.6) is 0 Å². The number of ether oxygens (including phenoxy) is 1. The van der Waals surface area contributed by atoms with Crippen molar-refractivity contribution in [1.29, 1.82) is 0 Å². The van der Waals surface area contributed by atoms with Crippen LogP contribution in [0.25, 0.3) is 0 Å². The lowest BCUT2D eigenvalue weighted by atomic mass is 10.1. The second kappa shape index (κ2) is 5.54. The van der Waals surface area contributed by atoms with Gasteiger partial charge in [0.1, 0.15) is 19.5 Å². The number of nitrogen functional groups attached to an aromatic ring is 1. The predicted molar refractivity (Wildman–Crippen MR) is 75.2 cm³/mol. The average molecular weight is 290 g/mol. The molecule has 0 amide bonds. The fraction of sp³-hybridized carbons (Fsp3) is 0.308. The van der Waals surface area contributed by atoms with E-state index < -0.39 is 0 Å². The van der Waals surface area contributed by atoms with Crippen LogP contribution >= 0.6 is 11.8 Å². The van der Waals surface area contributed by atoms with Crippen LogP contribution in [0.2, 0.25) is 0 Å². The van der Waals surface area contributed by atoms with Crippen molar-refractivity contribution in [2.24, 2.45) is 0 Å². The van der Waals surface area contributed by atoms with Crippen molar-refractivity contribution in [2.75, 3.05) is 12.3 Å². The summed E-state index contributed by atoms with van der Waals surface area (Å²) < 4.78 is 6.65. The number of anilines is 1. The zero-order valence-corrected chi connectivity index (χ0v) is 11.5. The van der Waals surface area contributed by atoms with E-state index in [9.17, 15) is 4.79 Å². The molecule has 7 heteroatoms. The second-order valence-electron chi connectivity index (χ2n) is 4.54. The Balaban J connectivity index is 1.48. The third-order valence-corrected chi connectivity index (χ3v) is 4.28. The maximum absolute atomic E-state index is 11.7. The molecule has 0 fully saturated rings. The summed E-state index contributed by atoms with van der Waals surface area (Å²) in [5.41, 5.74) is 6.70. The van der Waals surface area contributed by atoms with Gasteiger partial charge in [-0.05, 0) is 18.1 Å². The highest BCUT2D eigenvalue weighted by molar-refractivity contribution is 8.00. The Labute approximate surface area is 120 Å². The lowest BCUT2D eigenvalue weighted by molar-refractivity contribution is -0.144. The fourth-order valence-electron chi connectivity index (χ4n) is 2.10. The van der Waals surface area contributed by atoms with Gasteiger partial charge in [-0.1, -0.05) is 18.2 Å². The molecule has 104 valence electrons. The number of thioether (sulfide) groups is 1. The third kappa shape index (κ3) is 2.93. The van der Waals surface area contributed by atoms with Crippen LogP contribution in [-0.2, 0) is 22.5 Å². The van der Waals surface area contributed by atoms with Gasteiger partial charge < -0.3 is 10.5 Å². The van der Waals surface area contributed by atoms with E-state index in [0.29, 0.717) is 6.61 Å². The molecule has 1 aliphatic heterocycles. The topological polar surface area (TPSA) is 83.0 Å². The van der Waals surface area contributed by atoms with E-state index in [1.54, 1.807) is 11.8 Å². The van der Waals surface area contributed by atoms with Crippen LogP contribution in [-0.4, -0.2) is 32.6 Å². The van der Waals surface area contributed by atoms with Gasteiger partial charge in [-0.25, -0.2) is 9.67 Å². The molecule has 6 nitrogen and oxygen atoms in total. The average Bonchev–Trinajstić information content (AvgIpc) is 3.02. The minimum atomic E-state index is -0.327. The first kappa shape index (κ1) is 13.0. The summed E-state index contributed by atoms with van der Waals surface area (Å²) in [5, 5.41) is 4.13. The number of nitrogens with two attached hydrogens (primary N) is 1.